The maximum Gasteiger partial charge on any atom is 0.310 e. The van der Waals surface area contributed by atoms with Crippen molar-refractivity contribution >= 4 is 5.97 Å². The lowest BCUT2D eigenvalue weighted by atomic mass is 10.2. The van der Waals surface area contributed by atoms with E-state index in [4.69, 9.17) is 0 Å². The van der Waals surface area contributed by atoms with Crippen molar-refractivity contribution in [1.82, 2.24) is 4.90 Å². The molecule has 0 heterocycles. The maximum atomic E-state index is 10.8. The second-order valence-electron chi connectivity index (χ2n) is 2.62. The Labute approximate surface area is 73.3 Å². The van der Waals surface area contributed by atoms with Crippen molar-refractivity contribution in [2.24, 2.45) is 0 Å². The van der Waals surface area contributed by atoms with Gasteiger partial charge in [-0.3, -0.25) is 4.79 Å². The second kappa shape index (κ2) is 5.41. The Kier molecular flexibility index (Phi) is 4.84. The highest BCUT2D eigenvalue weighted by molar-refractivity contribution is 5.72. The van der Waals surface area contributed by atoms with Crippen LogP contribution in [0.25, 0.3) is 0 Å². The number of allylic oxidation sites excluding steroid dienone is 1. The van der Waals surface area contributed by atoms with Gasteiger partial charge in [0.15, 0.2) is 0 Å². The molecule has 0 amide bonds. The largest absolute Gasteiger partial charge is 0.469 e. The highest BCUT2D eigenvalue weighted by Crippen LogP contribution is 2.03. The van der Waals surface area contributed by atoms with Crippen molar-refractivity contribution in [3.05, 3.63) is 24.4 Å². The highest BCUT2D eigenvalue weighted by Gasteiger charge is 2.02. The molecule has 0 atom stereocenters. The summed E-state index contributed by atoms with van der Waals surface area (Å²) in [5.41, 5.74) is 0.854. The minimum Gasteiger partial charge on any atom is -0.469 e. The van der Waals surface area contributed by atoms with E-state index in [1.807, 2.05) is 25.2 Å². The van der Waals surface area contributed by atoms with Crippen LogP contribution in [0.4, 0.5) is 0 Å². The molecule has 0 N–H and O–H groups in total. The molecule has 0 aliphatic rings. The number of methoxy groups -OCH3 is 1. The van der Waals surface area contributed by atoms with Crippen LogP contribution in [-0.2, 0) is 9.53 Å². The fourth-order valence-corrected chi connectivity index (χ4v) is 0.741. The Bertz CT molecular complexity index is 195. The number of rotatable bonds is 4. The number of carbonyl (C=O) groups excluding carboxylic acids is 1. The van der Waals surface area contributed by atoms with Gasteiger partial charge in [0.1, 0.15) is 0 Å². The summed E-state index contributed by atoms with van der Waals surface area (Å²) < 4.78 is 4.52. The topological polar surface area (TPSA) is 29.5 Å². The number of esters is 1. The average Bonchev–Trinajstić information content (AvgIpc) is 2.02. The Morgan fingerprint density at radius 2 is 2.17 bits per heavy atom. The second-order valence-corrected chi connectivity index (χ2v) is 2.62. The molecule has 12 heavy (non-hydrogen) atoms. The first kappa shape index (κ1) is 10.8. The first-order valence-electron chi connectivity index (χ1n) is 3.66. The molecular weight excluding hydrogens is 154 g/mol. The summed E-state index contributed by atoms with van der Waals surface area (Å²) in [4.78, 5) is 12.7. The van der Waals surface area contributed by atoms with Crippen molar-refractivity contribution < 1.29 is 9.53 Å². The SMILES string of the molecule is C=C/C(=C\N(C)C)CC(=O)OC. The van der Waals surface area contributed by atoms with Crippen LogP contribution in [0.1, 0.15) is 6.42 Å². The third kappa shape index (κ3) is 4.55. The molecule has 0 bridgehead atoms. The number of nitrogens with zero attached hydrogens (tertiary/aromatic N) is 1. The zero-order chi connectivity index (χ0) is 9.56. The zero-order valence-electron chi connectivity index (χ0n) is 7.83. The summed E-state index contributed by atoms with van der Waals surface area (Å²) >= 11 is 0. The lowest BCUT2D eigenvalue weighted by Crippen LogP contribution is -2.06. The number of ether oxygens (including phenoxy) is 1. The Morgan fingerprint density at radius 3 is 2.50 bits per heavy atom. The Morgan fingerprint density at radius 1 is 1.58 bits per heavy atom. The molecule has 0 radical (unpaired) electrons. The van der Waals surface area contributed by atoms with Crippen LogP contribution in [0.2, 0.25) is 0 Å². The summed E-state index contributed by atoms with van der Waals surface area (Å²) in [5.74, 6) is -0.247. The number of hydrogen-bond donors (Lipinski definition) is 0. The Hall–Kier alpha value is -1.25. The third-order valence-corrected chi connectivity index (χ3v) is 1.26. The van der Waals surface area contributed by atoms with E-state index in [-0.39, 0.29) is 12.4 Å². The molecule has 0 saturated carbocycles. The van der Waals surface area contributed by atoms with Gasteiger partial charge < -0.3 is 9.64 Å². The van der Waals surface area contributed by atoms with Crippen LogP contribution in [0.15, 0.2) is 24.4 Å². The predicted octanol–water partition coefficient (Wildman–Crippen LogP) is 1.18. The molecule has 0 saturated heterocycles. The van der Waals surface area contributed by atoms with E-state index < -0.39 is 0 Å². The van der Waals surface area contributed by atoms with Crippen molar-refractivity contribution in [3.8, 4) is 0 Å². The van der Waals surface area contributed by atoms with Crippen molar-refractivity contribution in [3.63, 3.8) is 0 Å². The van der Waals surface area contributed by atoms with Gasteiger partial charge in [-0.05, 0) is 5.57 Å². The lowest BCUT2D eigenvalue weighted by Gasteiger charge is -2.07. The monoisotopic (exact) mass is 169 g/mol. The average molecular weight is 169 g/mol. The van der Waals surface area contributed by atoms with E-state index >= 15 is 0 Å². The fraction of sp³-hybridized carbons (Fsp3) is 0.444. The van der Waals surface area contributed by atoms with Crippen LogP contribution < -0.4 is 0 Å². The molecule has 0 fully saturated rings. The van der Waals surface area contributed by atoms with Gasteiger partial charge in [0.2, 0.25) is 0 Å². The molecule has 0 rings (SSSR count). The number of hydrogen-bond acceptors (Lipinski definition) is 3. The molecule has 3 nitrogen and oxygen atoms in total. The van der Waals surface area contributed by atoms with Crippen LogP contribution in [0.5, 0.6) is 0 Å². The highest BCUT2D eigenvalue weighted by atomic mass is 16.5. The van der Waals surface area contributed by atoms with Gasteiger partial charge in [-0.25, -0.2) is 0 Å². The van der Waals surface area contributed by atoms with Crippen LogP contribution in [-0.4, -0.2) is 32.1 Å². The van der Waals surface area contributed by atoms with E-state index in [2.05, 4.69) is 11.3 Å². The predicted molar refractivity (Wildman–Crippen MR) is 48.6 cm³/mol. The summed E-state index contributed by atoms with van der Waals surface area (Å²) in [6.45, 7) is 3.60. The molecule has 68 valence electrons. The number of carbonyl (C=O) groups is 1. The summed E-state index contributed by atoms with van der Waals surface area (Å²) in [6, 6.07) is 0. The van der Waals surface area contributed by atoms with Gasteiger partial charge in [0.25, 0.3) is 0 Å². The van der Waals surface area contributed by atoms with E-state index in [0.29, 0.717) is 0 Å². The molecule has 0 aliphatic carbocycles. The molecule has 0 aromatic heterocycles. The van der Waals surface area contributed by atoms with E-state index in [9.17, 15) is 4.79 Å². The molecule has 0 unspecified atom stereocenters. The maximum absolute atomic E-state index is 10.8. The minimum absolute atomic E-state index is 0.247. The van der Waals surface area contributed by atoms with E-state index in [0.717, 1.165) is 5.57 Å². The first-order chi connectivity index (χ1) is 5.60. The fourth-order valence-electron chi connectivity index (χ4n) is 0.741. The van der Waals surface area contributed by atoms with Gasteiger partial charge in [0, 0.05) is 20.3 Å². The van der Waals surface area contributed by atoms with Crippen molar-refractivity contribution in [2.45, 2.75) is 6.42 Å². The summed E-state index contributed by atoms with van der Waals surface area (Å²) in [5, 5.41) is 0. The molecular formula is C9H15NO2. The molecule has 0 aromatic carbocycles. The smallest absolute Gasteiger partial charge is 0.310 e. The lowest BCUT2D eigenvalue weighted by molar-refractivity contribution is -0.139. The summed E-state index contributed by atoms with van der Waals surface area (Å²) in [6.07, 6.45) is 3.76. The summed E-state index contributed by atoms with van der Waals surface area (Å²) in [7, 11) is 5.15. The van der Waals surface area contributed by atoms with Crippen LogP contribution in [0, 0.1) is 0 Å². The first-order valence-corrected chi connectivity index (χ1v) is 3.66. The quantitative estimate of drug-likeness (QED) is 0.467. The zero-order valence-corrected chi connectivity index (χ0v) is 7.83. The molecule has 3 heteroatoms. The van der Waals surface area contributed by atoms with Gasteiger partial charge in [-0.2, -0.15) is 0 Å². The third-order valence-electron chi connectivity index (χ3n) is 1.26. The van der Waals surface area contributed by atoms with E-state index in [1.165, 1.54) is 7.11 Å². The van der Waals surface area contributed by atoms with Crippen molar-refractivity contribution in [1.29, 1.82) is 0 Å². The molecule has 0 spiro atoms. The minimum atomic E-state index is -0.247. The van der Waals surface area contributed by atoms with Gasteiger partial charge in [0.05, 0.1) is 13.5 Å². The normalized spacial score (nSPS) is 10.8. The van der Waals surface area contributed by atoms with Crippen LogP contribution >= 0.6 is 0 Å². The van der Waals surface area contributed by atoms with Gasteiger partial charge in [-0.15, -0.1) is 0 Å². The Balaban J connectivity index is 4.17. The van der Waals surface area contributed by atoms with Crippen LogP contribution in [0.3, 0.4) is 0 Å². The molecule has 0 aromatic rings. The molecule has 0 aliphatic heterocycles. The van der Waals surface area contributed by atoms with Crippen molar-refractivity contribution in [2.75, 3.05) is 21.2 Å². The van der Waals surface area contributed by atoms with Gasteiger partial charge >= 0.3 is 5.97 Å². The van der Waals surface area contributed by atoms with E-state index in [1.54, 1.807) is 6.08 Å². The standard InChI is InChI=1S/C9H15NO2/c1-5-8(7-10(2)3)6-9(11)12-4/h5,7H,1,6H2,2-4H3/b8-7+. The van der Waals surface area contributed by atoms with Gasteiger partial charge in [-0.1, -0.05) is 12.7 Å².